The van der Waals surface area contributed by atoms with Crippen molar-refractivity contribution in [2.75, 3.05) is 6.54 Å². The lowest BCUT2D eigenvalue weighted by atomic mass is 10.2. The zero-order chi connectivity index (χ0) is 12.3. The molecule has 2 unspecified atom stereocenters. The van der Waals surface area contributed by atoms with Crippen molar-refractivity contribution in [3.05, 3.63) is 0 Å². The van der Waals surface area contributed by atoms with Gasteiger partial charge in [-0.1, -0.05) is 0 Å². The van der Waals surface area contributed by atoms with E-state index in [1.54, 1.807) is 0 Å². The maximum atomic E-state index is 11.9. The van der Waals surface area contributed by atoms with E-state index in [-0.39, 0.29) is 6.54 Å². The van der Waals surface area contributed by atoms with Crippen LogP contribution in [0.5, 0.6) is 0 Å². The monoisotopic (exact) mass is 248 g/mol. The fraction of sp³-hybridized carbons (Fsp3) is 1.00. The molecule has 15 heavy (non-hydrogen) atoms. The van der Waals surface area contributed by atoms with E-state index >= 15 is 0 Å². The molecular formula is C7H15F3N2O2S. The van der Waals surface area contributed by atoms with Gasteiger partial charge in [-0.05, 0) is 13.8 Å². The number of nitrogens with one attached hydrogen (secondary N) is 1. The first-order valence-corrected chi connectivity index (χ1v) is 5.91. The standard InChI is InChI=1S/C7H15F3N2O2S/c1-5(3-7(8,9)10)12-15(13,14)6(2)4-11/h5-6,12H,3-4,11H2,1-2H3. The summed E-state index contributed by atoms with van der Waals surface area (Å²) in [5.41, 5.74) is 5.12. The van der Waals surface area contributed by atoms with Gasteiger partial charge in [0.1, 0.15) is 0 Å². The summed E-state index contributed by atoms with van der Waals surface area (Å²) in [5.74, 6) is 0. The number of alkyl halides is 3. The number of sulfonamides is 1. The van der Waals surface area contributed by atoms with E-state index in [0.29, 0.717) is 0 Å². The second-order valence-corrected chi connectivity index (χ2v) is 5.56. The average Bonchev–Trinajstić information content (AvgIpc) is 1.97. The molecule has 0 saturated heterocycles. The summed E-state index contributed by atoms with van der Waals surface area (Å²) in [7, 11) is -3.76. The first-order chi connectivity index (χ1) is 6.58. The Morgan fingerprint density at radius 1 is 1.33 bits per heavy atom. The lowest BCUT2D eigenvalue weighted by Crippen LogP contribution is -2.42. The summed E-state index contributed by atoms with van der Waals surface area (Å²) in [6, 6.07) is -1.18. The molecule has 4 nitrogen and oxygen atoms in total. The topological polar surface area (TPSA) is 72.2 Å². The van der Waals surface area contributed by atoms with Gasteiger partial charge in [0, 0.05) is 12.6 Å². The van der Waals surface area contributed by atoms with Crippen molar-refractivity contribution < 1.29 is 21.6 Å². The van der Waals surface area contributed by atoms with Gasteiger partial charge in [0.15, 0.2) is 0 Å². The van der Waals surface area contributed by atoms with Gasteiger partial charge < -0.3 is 5.73 Å². The largest absolute Gasteiger partial charge is 0.390 e. The summed E-state index contributed by atoms with van der Waals surface area (Å²) in [6.07, 6.45) is -5.57. The highest BCUT2D eigenvalue weighted by molar-refractivity contribution is 7.90. The van der Waals surface area contributed by atoms with Gasteiger partial charge in [-0.15, -0.1) is 0 Å². The number of hydrogen-bond acceptors (Lipinski definition) is 3. The quantitative estimate of drug-likeness (QED) is 0.748. The third-order valence-corrected chi connectivity index (χ3v) is 3.75. The molecule has 8 heteroatoms. The predicted molar refractivity (Wildman–Crippen MR) is 50.7 cm³/mol. The smallest absolute Gasteiger partial charge is 0.329 e. The molecule has 0 heterocycles. The summed E-state index contributed by atoms with van der Waals surface area (Å²) < 4.78 is 60.2. The van der Waals surface area contributed by atoms with Crippen molar-refractivity contribution in [2.45, 2.75) is 37.7 Å². The molecular weight excluding hydrogens is 233 g/mol. The Hall–Kier alpha value is -0.340. The second-order valence-electron chi connectivity index (χ2n) is 3.43. The van der Waals surface area contributed by atoms with Gasteiger partial charge in [-0.25, -0.2) is 13.1 Å². The first-order valence-electron chi connectivity index (χ1n) is 4.36. The van der Waals surface area contributed by atoms with Crippen molar-refractivity contribution in [1.29, 1.82) is 0 Å². The summed E-state index contributed by atoms with van der Waals surface area (Å²) in [4.78, 5) is 0. The normalized spacial score (nSPS) is 17.5. The number of nitrogens with two attached hydrogens (primary N) is 1. The van der Waals surface area contributed by atoms with Crippen molar-refractivity contribution in [3.8, 4) is 0 Å². The van der Waals surface area contributed by atoms with Crippen LogP contribution in [0.25, 0.3) is 0 Å². The van der Waals surface area contributed by atoms with Gasteiger partial charge in [-0.3, -0.25) is 0 Å². The highest BCUT2D eigenvalue weighted by Crippen LogP contribution is 2.21. The molecule has 0 aromatic heterocycles. The summed E-state index contributed by atoms with van der Waals surface area (Å²) >= 11 is 0. The molecule has 0 aliphatic rings. The summed E-state index contributed by atoms with van der Waals surface area (Å²) in [5, 5.41) is -0.895. The highest BCUT2D eigenvalue weighted by atomic mass is 32.2. The van der Waals surface area contributed by atoms with E-state index in [1.807, 2.05) is 4.72 Å². The van der Waals surface area contributed by atoms with E-state index in [2.05, 4.69) is 0 Å². The summed E-state index contributed by atoms with van der Waals surface area (Å²) in [6.45, 7) is 2.37. The third-order valence-electron chi connectivity index (χ3n) is 1.76. The van der Waals surface area contributed by atoms with Crippen molar-refractivity contribution in [2.24, 2.45) is 5.73 Å². The van der Waals surface area contributed by atoms with Crippen LogP contribution in [0.1, 0.15) is 20.3 Å². The number of hydrogen-bond donors (Lipinski definition) is 2. The fourth-order valence-electron chi connectivity index (χ4n) is 0.912. The Bertz CT molecular complexity index is 289. The van der Waals surface area contributed by atoms with Crippen molar-refractivity contribution in [3.63, 3.8) is 0 Å². The van der Waals surface area contributed by atoms with Gasteiger partial charge in [0.25, 0.3) is 0 Å². The molecule has 0 aromatic carbocycles. The third kappa shape index (κ3) is 5.95. The van der Waals surface area contributed by atoms with Gasteiger partial charge >= 0.3 is 6.18 Å². The van der Waals surface area contributed by atoms with Gasteiger partial charge in [0.2, 0.25) is 10.0 Å². The molecule has 0 bridgehead atoms. The molecule has 0 aliphatic carbocycles. The highest BCUT2D eigenvalue weighted by Gasteiger charge is 2.32. The molecule has 0 aromatic rings. The van der Waals surface area contributed by atoms with Crippen LogP contribution >= 0.6 is 0 Å². The van der Waals surface area contributed by atoms with Crippen LogP contribution in [-0.4, -0.2) is 32.4 Å². The Balaban J connectivity index is 4.36. The van der Waals surface area contributed by atoms with Gasteiger partial charge in [0.05, 0.1) is 11.7 Å². The first kappa shape index (κ1) is 14.7. The number of halogens is 3. The van der Waals surface area contributed by atoms with E-state index in [1.165, 1.54) is 6.92 Å². The Labute approximate surface area is 87.1 Å². The lowest BCUT2D eigenvalue weighted by Gasteiger charge is -2.18. The zero-order valence-corrected chi connectivity index (χ0v) is 9.32. The maximum Gasteiger partial charge on any atom is 0.390 e. The van der Waals surface area contributed by atoms with Crippen LogP contribution in [0.2, 0.25) is 0 Å². The molecule has 0 radical (unpaired) electrons. The van der Waals surface area contributed by atoms with Crippen LogP contribution < -0.4 is 10.5 Å². The van der Waals surface area contributed by atoms with Crippen LogP contribution in [0, 0.1) is 0 Å². The minimum atomic E-state index is -4.38. The van der Waals surface area contributed by atoms with E-state index in [0.717, 1.165) is 6.92 Å². The fourth-order valence-corrected chi connectivity index (χ4v) is 2.04. The Kier molecular flexibility index (Phi) is 5.01. The average molecular weight is 248 g/mol. The molecule has 0 fully saturated rings. The molecule has 2 atom stereocenters. The molecule has 3 N–H and O–H groups in total. The van der Waals surface area contributed by atoms with Crippen LogP contribution in [-0.2, 0) is 10.0 Å². The minimum Gasteiger partial charge on any atom is -0.329 e. The van der Waals surface area contributed by atoms with Crippen LogP contribution in [0.15, 0.2) is 0 Å². The molecule has 92 valence electrons. The van der Waals surface area contributed by atoms with E-state index < -0.39 is 33.9 Å². The predicted octanol–water partition coefficient (Wildman–Crippen LogP) is 0.594. The van der Waals surface area contributed by atoms with Crippen LogP contribution in [0.4, 0.5) is 13.2 Å². The minimum absolute atomic E-state index is 0.131. The van der Waals surface area contributed by atoms with E-state index in [9.17, 15) is 21.6 Å². The molecule has 0 amide bonds. The van der Waals surface area contributed by atoms with Gasteiger partial charge in [-0.2, -0.15) is 13.2 Å². The molecule has 0 rings (SSSR count). The number of rotatable bonds is 5. The second kappa shape index (κ2) is 5.13. The Morgan fingerprint density at radius 3 is 2.13 bits per heavy atom. The lowest BCUT2D eigenvalue weighted by molar-refractivity contribution is -0.137. The van der Waals surface area contributed by atoms with E-state index in [4.69, 9.17) is 5.73 Å². The Morgan fingerprint density at radius 2 is 1.80 bits per heavy atom. The molecule has 0 spiro atoms. The molecule has 0 saturated carbocycles. The maximum absolute atomic E-state index is 11.9. The van der Waals surface area contributed by atoms with Crippen molar-refractivity contribution in [1.82, 2.24) is 4.72 Å². The SMILES string of the molecule is CC(CC(F)(F)F)NS(=O)(=O)C(C)CN. The molecule has 0 aliphatic heterocycles. The van der Waals surface area contributed by atoms with Crippen molar-refractivity contribution >= 4 is 10.0 Å². The zero-order valence-electron chi connectivity index (χ0n) is 8.50. The van der Waals surface area contributed by atoms with Crippen LogP contribution in [0.3, 0.4) is 0 Å².